The predicted molar refractivity (Wildman–Crippen MR) is 114 cm³/mol. The standard InChI is InChI=1S/C18H27Cl2N3O4S/c19-16-2-1-14(9-17(16)20)11-23-3-6-27-15(12-23)10-21-18(24)13-22-4-7-28(25,26)8-5-22/h1-2,9,15,25-26H,3-8,10-13H2,(H,21,24). The van der Waals surface area contributed by atoms with E-state index in [0.29, 0.717) is 47.8 Å². The zero-order valence-electron chi connectivity index (χ0n) is 15.6. The zero-order valence-corrected chi connectivity index (χ0v) is 18.0. The molecule has 2 aliphatic heterocycles. The van der Waals surface area contributed by atoms with Crippen LogP contribution in [0.5, 0.6) is 0 Å². The lowest BCUT2D eigenvalue weighted by Crippen LogP contribution is -2.49. The first-order chi connectivity index (χ1) is 13.3. The van der Waals surface area contributed by atoms with Crippen molar-refractivity contribution in [3.05, 3.63) is 33.8 Å². The third-order valence-corrected chi connectivity index (χ3v) is 7.39. The van der Waals surface area contributed by atoms with E-state index in [-0.39, 0.29) is 18.6 Å². The van der Waals surface area contributed by atoms with Crippen LogP contribution < -0.4 is 5.32 Å². The predicted octanol–water partition coefficient (Wildman–Crippen LogP) is 2.38. The first-order valence-electron chi connectivity index (χ1n) is 9.31. The number of amides is 1. The number of nitrogens with zero attached hydrogens (tertiary/aromatic N) is 2. The summed E-state index contributed by atoms with van der Waals surface area (Å²) in [6.07, 6.45) is -0.0613. The van der Waals surface area contributed by atoms with Crippen LogP contribution in [0, 0.1) is 0 Å². The molecule has 2 aliphatic rings. The van der Waals surface area contributed by atoms with Crippen molar-refractivity contribution >= 4 is 39.7 Å². The molecular formula is C18H27Cl2N3O4S. The van der Waals surface area contributed by atoms with Gasteiger partial charge in [0.05, 0.1) is 40.8 Å². The van der Waals surface area contributed by atoms with Crippen LogP contribution in [0.1, 0.15) is 5.56 Å². The van der Waals surface area contributed by atoms with Gasteiger partial charge in [-0.1, -0.05) is 29.3 Å². The molecule has 3 N–H and O–H groups in total. The highest BCUT2D eigenvalue weighted by Gasteiger charge is 2.25. The van der Waals surface area contributed by atoms with Crippen LogP contribution in [0.3, 0.4) is 0 Å². The van der Waals surface area contributed by atoms with Crippen molar-refractivity contribution < 1.29 is 18.6 Å². The molecule has 7 nitrogen and oxygen atoms in total. The monoisotopic (exact) mass is 451 g/mol. The van der Waals surface area contributed by atoms with Gasteiger partial charge in [0.25, 0.3) is 0 Å². The van der Waals surface area contributed by atoms with Crippen LogP contribution >= 0.6 is 33.8 Å². The first kappa shape index (κ1) is 22.1. The Bertz CT molecular complexity index is 685. The molecule has 10 heteroatoms. The molecular weight excluding hydrogens is 425 g/mol. The van der Waals surface area contributed by atoms with Crippen molar-refractivity contribution in [2.45, 2.75) is 12.6 Å². The lowest BCUT2D eigenvalue weighted by Gasteiger charge is -2.40. The number of hydrogen-bond acceptors (Lipinski definition) is 6. The van der Waals surface area contributed by atoms with Gasteiger partial charge in [-0.25, -0.2) is 0 Å². The fourth-order valence-electron chi connectivity index (χ4n) is 3.35. The zero-order chi connectivity index (χ0) is 20.1. The summed E-state index contributed by atoms with van der Waals surface area (Å²) >= 11 is 12.1. The molecule has 1 unspecified atom stereocenters. The van der Waals surface area contributed by atoms with Gasteiger partial charge >= 0.3 is 0 Å². The van der Waals surface area contributed by atoms with E-state index in [1.165, 1.54) is 0 Å². The highest BCUT2D eigenvalue weighted by atomic mass is 35.5. The van der Waals surface area contributed by atoms with E-state index in [4.69, 9.17) is 27.9 Å². The van der Waals surface area contributed by atoms with Crippen LogP contribution in [-0.2, 0) is 16.1 Å². The van der Waals surface area contributed by atoms with Gasteiger partial charge in [0, 0.05) is 39.3 Å². The number of ether oxygens (including phenoxy) is 1. The summed E-state index contributed by atoms with van der Waals surface area (Å²) in [7, 11) is -2.43. The molecule has 28 heavy (non-hydrogen) atoms. The third-order valence-electron chi connectivity index (χ3n) is 4.98. The molecule has 1 amide bonds. The third kappa shape index (κ3) is 6.74. The normalized spacial score (nSPS) is 24.6. The molecule has 0 aromatic heterocycles. The smallest absolute Gasteiger partial charge is 0.234 e. The summed E-state index contributed by atoms with van der Waals surface area (Å²) in [5, 5.41) is 4.03. The maximum absolute atomic E-state index is 12.2. The van der Waals surface area contributed by atoms with E-state index in [1.54, 1.807) is 6.07 Å². The van der Waals surface area contributed by atoms with E-state index >= 15 is 0 Å². The Morgan fingerprint density at radius 1 is 1.18 bits per heavy atom. The van der Waals surface area contributed by atoms with E-state index < -0.39 is 10.6 Å². The minimum absolute atomic E-state index is 0.0613. The Hall–Kier alpha value is -0.580. The van der Waals surface area contributed by atoms with Gasteiger partial charge in [-0.2, -0.15) is 10.6 Å². The maximum atomic E-state index is 12.2. The molecule has 0 spiro atoms. The Kier molecular flexibility index (Phi) is 7.86. The largest absolute Gasteiger partial charge is 0.374 e. The van der Waals surface area contributed by atoms with Crippen molar-refractivity contribution in [2.24, 2.45) is 0 Å². The van der Waals surface area contributed by atoms with Crippen LogP contribution in [0.25, 0.3) is 0 Å². The molecule has 2 saturated heterocycles. The van der Waals surface area contributed by atoms with Gasteiger partial charge in [-0.15, -0.1) is 0 Å². The number of rotatable bonds is 6. The number of nitrogens with one attached hydrogen (secondary N) is 1. The molecule has 1 aromatic carbocycles. The van der Waals surface area contributed by atoms with Gasteiger partial charge < -0.3 is 10.1 Å². The highest BCUT2D eigenvalue weighted by molar-refractivity contribution is 8.24. The Morgan fingerprint density at radius 2 is 1.93 bits per heavy atom. The SMILES string of the molecule is O=C(CN1CCS(O)(O)CC1)NCC1CN(Cc2ccc(Cl)c(Cl)c2)CCO1. The number of carbonyl (C=O) groups is 1. The summed E-state index contributed by atoms with van der Waals surface area (Å²) in [4.78, 5) is 16.4. The molecule has 158 valence electrons. The van der Waals surface area contributed by atoms with Crippen molar-refractivity contribution in [3.63, 3.8) is 0 Å². The number of hydrogen-bond donors (Lipinski definition) is 3. The quantitative estimate of drug-likeness (QED) is 0.615. The number of carbonyl (C=O) groups excluding carboxylic acids is 1. The van der Waals surface area contributed by atoms with Crippen molar-refractivity contribution in [1.29, 1.82) is 0 Å². The second-order valence-electron chi connectivity index (χ2n) is 7.27. The highest BCUT2D eigenvalue weighted by Crippen LogP contribution is 2.40. The van der Waals surface area contributed by atoms with Gasteiger partial charge in [0.2, 0.25) is 5.91 Å². The van der Waals surface area contributed by atoms with Crippen LogP contribution in [0.4, 0.5) is 0 Å². The number of benzene rings is 1. The molecule has 0 saturated carbocycles. The van der Waals surface area contributed by atoms with Crippen molar-refractivity contribution in [2.75, 3.05) is 57.4 Å². The summed E-state index contributed by atoms with van der Waals surface area (Å²) < 4.78 is 25.0. The lowest BCUT2D eigenvalue weighted by atomic mass is 10.2. The maximum Gasteiger partial charge on any atom is 0.234 e. The Balaban J connectivity index is 1.39. The van der Waals surface area contributed by atoms with E-state index in [0.717, 1.165) is 25.2 Å². The molecule has 2 fully saturated rings. The lowest BCUT2D eigenvalue weighted by molar-refractivity contribution is -0.123. The van der Waals surface area contributed by atoms with Gasteiger partial charge in [0.1, 0.15) is 0 Å². The minimum atomic E-state index is -2.43. The number of morpholine rings is 1. The Morgan fingerprint density at radius 3 is 2.64 bits per heavy atom. The van der Waals surface area contributed by atoms with Crippen LogP contribution in [0.15, 0.2) is 18.2 Å². The molecule has 0 aliphatic carbocycles. The average Bonchev–Trinajstić information content (AvgIpc) is 2.65. The fraction of sp³-hybridized carbons (Fsp3) is 0.611. The van der Waals surface area contributed by atoms with Crippen LogP contribution in [0.2, 0.25) is 10.0 Å². The molecule has 0 radical (unpaired) electrons. The summed E-state index contributed by atoms with van der Waals surface area (Å²) in [5.74, 6) is 0.620. The van der Waals surface area contributed by atoms with Gasteiger partial charge in [-0.05, 0) is 17.7 Å². The molecule has 1 aromatic rings. The van der Waals surface area contributed by atoms with E-state index in [1.807, 2.05) is 17.0 Å². The fourth-order valence-corrected chi connectivity index (χ4v) is 4.98. The van der Waals surface area contributed by atoms with Crippen molar-refractivity contribution in [3.8, 4) is 0 Å². The summed E-state index contributed by atoms with van der Waals surface area (Å²) in [6.45, 7) is 4.72. The Labute approximate surface area is 177 Å². The summed E-state index contributed by atoms with van der Waals surface area (Å²) in [5.41, 5.74) is 1.09. The summed E-state index contributed by atoms with van der Waals surface area (Å²) in [6, 6.07) is 5.65. The topological polar surface area (TPSA) is 85.3 Å². The minimum Gasteiger partial charge on any atom is -0.374 e. The first-order valence-corrected chi connectivity index (χ1v) is 12.0. The second-order valence-corrected chi connectivity index (χ2v) is 10.5. The van der Waals surface area contributed by atoms with Gasteiger partial charge in [-0.3, -0.25) is 23.7 Å². The van der Waals surface area contributed by atoms with Gasteiger partial charge in [0.15, 0.2) is 0 Å². The molecule has 1 atom stereocenters. The molecule has 3 rings (SSSR count). The van der Waals surface area contributed by atoms with Crippen LogP contribution in [-0.4, -0.2) is 88.3 Å². The second kappa shape index (κ2) is 9.95. The number of halogens is 2. The molecule has 2 heterocycles. The van der Waals surface area contributed by atoms with E-state index in [9.17, 15) is 13.9 Å². The molecule has 0 bridgehead atoms. The van der Waals surface area contributed by atoms with E-state index in [2.05, 4.69) is 10.2 Å². The average molecular weight is 452 g/mol. The van der Waals surface area contributed by atoms with Crippen molar-refractivity contribution in [1.82, 2.24) is 15.1 Å².